The van der Waals surface area contributed by atoms with E-state index in [1.807, 2.05) is 30.3 Å². The minimum atomic E-state index is -0.154. The molecule has 0 saturated heterocycles. The number of hydrogen-bond acceptors (Lipinski definition) is 4. The summed E-state index contributed by atoms with van der Waals surface area (Å²) in [5.41, 5.74) is 5.28. The molecule has 1 N–H and O–H groups in total. The highest BCUT2D eigenvalue weighted by Crippen LogP contribution is 2.33. The third-order valence-electron chi connectivity index (χ3n) is 4.43. The molecule has 3 aromatic rings. The van der Waals surface area contributed by atoms with E-state index in [1.54, 1.807) is 0 Å². The van der Waals surface area contributed by atoms with Gasteiger partial charge >= 0.3 is 0 Å². The second-order valence-corrected chi connectivity index (χ2v) is 6.06. The van der Waals surface area contributed by atoms with Crippen LogP contribution in [0.4, 0.5) is 0 Å². The van der Waals surface area contributed by atoms with Crippen molar-refractivity contribution >= 4 is 16.8 Å². The largest absolute Gasteiger partial charge is 0.374 e. The van der Waals surface area contributed by atoms with Crippen LogP contribution in [-0.2, 0) is 23.2 Å². The molecule has 6 heteroatoms. The summed E-state index contributed by atoms with van der Waals surface area (Å²) in [6.45, 7) is 2.51. The fourth-order valence-electron chi connectivity index (χ4n) is 3.26. The van der Waals surface area contributed by atoms with Gasteiger partial charge in [0.25, 0.3) is 0 Å². The molecule has 122 valence electrons. The van der Waals surface area contributed by atoms with Gasteiger partial charge in [-0.25, -0.2) is 0 Å². The van der Waals surface area contributed by atoms with Crippen molar-refractivity contribution in [3.05, 3.63) is 47.9 Å². The lowest BCUT2D eigenvalue weighted by Crippen LogP contribution is -2.33. The van der Waals surface area contributed by atoms with Gasteiger partial charge in [0.2, 0.25) is 5.91 Å². The second kappa shape index (κ2) is 5.72. The number of carbonyl (C=O) groups excluding carboxylic acids is 1. The van der Waals surface area contributed by atoms with Crippen LogP contribution < -0.4 is 5.32 Å². The molecule has 1 aliphatic rings. The van der Waals surface area contributed by atoms with Gasteiger partial charge in [-0.1, -0.05) is 12.1 Å². The Kier molecular flexibility index (Phi) is 3.54. The summed E-state index contributed by atoms with van der Waals surface area (Å²) in [7, 11) is 1.93. The molecule has 0 spiro atoms. The van der Waals surface area contributed by atoms with Gasteiger partial charge in [-0.3, -0.25) is 14.5 Å². The molecule has 24 heavy (non-hydrogen) atoms. The zero-order valence-corrected chi connectivity index (χ0v) is 13.6. The highest BCUT2D eigenvalue weighted by Gasteiger charge is 2.24. The van der Waals surface area contributed by atoms with Gasteiger partial charge in [-0.15, -0.1) is 0 Å². The molecule has 1 unspecified atom stereocenters. The molecule has 6 nitrogen and oxygen atoms in total. The summed E-state index contributed by atoms with van der Waals surface area (Å²) >= 11 is 0. The predicted molar refractivity (Wildman–Crippen MR) is 90.2 cm³/mol. The summed E-state index contributed by atoms with van der Waals surface area (Å²) in [6, 6.07) is 6.09. The Hall–Kier alpha value is -2.73. The van der Waals surface area contributed by atoms with E-state index < -0.39 is 0 Å². The third kappa shape index (κ3) is 2.45. The lowest BCUT2D eigenvalue weighted by molar-refractivity contribution is -0.120. The number of rotatable bonds is 2. The number of benzene rings is 1. The van der Waals surface area contributed by atoms with Crippen molar-refractivity contribution in [2.45, 2.75) is 19.6 Å². The number of aryl methyl sites for hydroxylation is 1. The summed E-state index contributed by atoms with van der Waals surface area (Å²) in [6.07, 6.45) is 5.54. The maximum atomic E-state index is 11.4. The van der Waals surface area contributed by atoms with Gasteiger partial charge in [-0.2, -0.15) is 5.10 Å². The zero-order valence-electron chi connectivity index (χ0n) is 13.6. The minimum Gasteiger partial charge on any atom is -0.374 e. The average Bonchev–Trinajstić information content (AvgIpc) is 2.95. The first kappa shape index (κ1) is 14.8. The molecule has 0 bridgehead atoms. The Morgan fingerprint density at radius 1 is 1.33 bits per heavy atom. The van der Waals surface area contributed by atoms with Crippen molar-refractivity contribution in [3.63, 3.8) is 0 Å². The number of nitrogens with zero attached hydrogens (tertiary/aromatic N) is 3. The van der Waals surface area contributed by atoms with E-state index in [-0.39, 0.29) is 11.9 Å². The lowest BCUT2D eigenvalue weighted by Gasteiger charge is -2.27. The molecule has 0 fully saturated rings. The minimum absolute atomic E-state index is 0.0712. The molecule has 1 atom stereocenters. The maximum absolute atomic E-state index is 11.4. The van der Waals surface area contributed by atoms with E-state index in [1.165, 1.54) is 6.92 Å². The molecule has 1 amide bonds. The van der Waals surface area contributed by atoms with Crippen molar-refractivity contribution in [2.24, 2.45) is 7.05 Å². The van der Waals surface area contributed by atoms with Gasteiger partial charge in [0.15, 0.2) is 0 Å². The summed E-state index contributed by atoms with van der Waals surface area (Å²) < 4.78 is 7.57. The van der Waals surface area contributed by atoms with Crippen LogP contribution in [0.3, 0.4) is 0 Å². The van der Waals surface area contributed by atoms with E-state index in [4.69, 9.17) is 4.74 Å². The van der Waals surface area contributed by atoms with Crippen molar-refractivity contribution in [1.29, 1.82) is 0 Å². The SMILES string of the molecule is CC(=O)NC1COCc2c(-c3ccc4cnn(C)c4c3)cncc21. The molecule has 1 aliphatic heterocycles. The zero-order chi connectivity index (χ0) is 16.7. The number of carbonyl (C=O) groups is 1. The number of hydrogen-bond donors (Lipinski definition) is 1. The summed E-state index contributed by atoms with van der Waals surface area (Å²) in [5.74, 6) is -0.0712. The van der Waals surface area contributed by atoms with Crippen molar-refractivity contribution in [2.75, 3.05) is 6.61 Å². The van der Waals surface area contributed by atoms with Gasteiger partial charge in [0.05, 0.1) is 31.0 Å². The smallest absolute Gasteiger partial charge is 0.217 e. The quantitative estimate of drug-likeness (QED) is 0.786. The summed E-state index contributed by atoms with van der Waals surface area (Å²) in [4.78, 5) is 15.8. The predicted octanol–water partition coefficient (Wildman–Crippen LogP) is 2.34. The van der Waals surface area contributed by atoms with Crippen LogP contribution in [0.25, 0.3) is 22.0 Å². The van der Waals surface area contributed by atoms with E-state index in [0.29, 0.717) is 13.2 Å². The summed E-state index contributed by atoms with van der Waals surface area (Å²) in [5, 5.41) is 8.33. The van der Waals surface area contributed by atoms with Crippen LogP contribution in [0.2, 0.25) is 0 Å². The Balaban J connectivity index is 1.83. The molecule has 1 aromatic carbocycles. The van der Waals surface area contributed by atoms with E-state index in [2.05, 4.69) is 33.6 Å². The molecule has 3 heterocycles. The number of fused-ring (bicyclic) bond motifs is 2. The van der Waals surface area contributed by atoms with Crippen LogP contribution in [0.15, 0.2) is 36.8 Å². The Morgan fingerprint density at radius 3 is 3.04 bits per heavy atom. The van der Waals surface area contributed by atoms with E-state index >= 15 is 0 Å². The highest BCUT2D eigenvalue weighted by molar-refractivity contribution is 5.85. The van der Waals surface area contributed by atoms with Gasteiger partial charge < -0.3 is 10.1 Å². The molecule has 4 rings (SSSR count). The normalized spacial score (nSPS) is 16.8. The molecule has 0 radical (unpaired) electrons. The molecule has 0 aliphatic carbocycles. The van der Waals surface area contributed by atoms with Crippen LogP contribution in [0, 0.1) is 0 Å². The molecular weight excluding hydrogens is 304 g/mol. The number of nitrogens with one attached hydrogen (secondary N) is 1. The monoisotopic (exact) mass is 322 g/mol. The van der Waals surface area contributed by atoms with E-state index in [9.17, 15) is 4.79 Å². The Labute approximate surface area is 139 Å². The standard InChI is InChI=1S/C18H18N4O2/c1-11(23)21-17-10-24-9-16-14(7-19-8-15(16)17)12-3-4-13-6-20-22(2)18(13)5-12/h3-8,17H,9-10H2,1-2H3,(H,21,23). The topological polar surface area (TPSA) is 69.0 Å². The van der Waals surface area contributed by atoms with Crippen LogP contribution >= 0.6 is 0 Å². The first-order valence-corrected chi connectivity index (χ1v) is 7.87. The van der Waals surface area contributed by atoms with Gasteiger partial charge in [0.1, 0.15) is 0 Å². The van der Waals surface area contributed by atoms with Gasteiger partial charge in [0, 0.05) is 42.9 Å². The average molecular weight is 322 g/mol. The Morgan fingerprint density at radius 2 is 2.21 bits per heavy atom. The Bertz CT molecular complexity index is 932. The third-order valence-corrected chi connectivity index (χ3v) is 4.43. The van der Waals surface area contributed by atoms with Gasteiger partial charge in [-0.05, 0) is 17.2 Å². The van der Waals surface area contributed by atoms with Crippen molar-refractivity contribution < 1.29 is 9.53 Å². The van der Waals surface area contributed by atoms with Crippen molar-refractivity contribution in [3.8, 4) is 11.1 Å². The molecular formula is C18H18N4O2. The second-order valence-electron chi connectivity index (χ2n) is 6.06. The number of ether oxygens (including phenoxy) is 1. The van der Waals surface area contributed by atoms with Crippen LogP contribution in [0.1, 0.15) is 24.1 Å². The molecule has 0 saturated carbocycles. The highest BCUT2D eigenvalue weighted by atomic mass is 16.5. The fourth-order valence-corrected chi connectivity index (χ4v) is 3.26. The number of aromatic nitrogens is 3. The first-order chi connectivity index (χ1) is 11.6. The van der Waals surface area contributed by atoms with Crippen molar-refractivity contribution in [1.82, 2.24) is 20.1 Å². The lowest BCUT2D eigenvalue weighted by atomic mass is 9.93. The maximum Gasteiger partial charge on any atom is 0.217 e. The number of amides is 1. The fraction of sp³-hybridized carbons (Fsp3) is 0.278. The van der Waals surface area contributed by atoms with Crippen LogP contribution in [-0.4, -0.2) is 27.3 Å². The molecule has 2 aromatic heterocycles. The number of pyridine rings is 1. The van der Waals surface area contributed by atoms with E-state index in [0.717, 1.165) is 33.2 Å². The first-order valence-electron chi connectivity index (χ1n) is 7.87. The van der Waals surface area contributed by atoms with Crippen LogP contribution in [0.5, 0.6) is 0 Å².